The fourth-order valence-corrected chi connectivity index (χ4v) is 2.74. The topological polar surface area (TPSA) is 46.2 Å². The van der Waals surface area contributed by atoms with Crippen LogP contribution in [0.15, 0.2) is 24.3 Å². The van der Waals surface area contributed by atoms with Crippen LogP contribution in [0.4, 0.5) is 4.39 Å². The Kier molecular flexibility index (Phi) is 6.62. The highest BCUT2D eigenvalue weighted by atomic mass is 32.2. The van der Waals surface area contributed by atoms with Gasteiger partial charge in [0.25, 0.3) is 0 Å². The molecule has 0 saturated carbocycles. The Hall–Kier alpha value is -0.940. The molecule has 0 aliphatic carbocycles. The van der Waals surface area contributed by atoms with Gasteiger partial charge in [-0.3, -0.25) is 0 Å². The number of rotatable bonds is 8. The summed E-state index contributed by atoms with van der Waals surface area (Å²) in [5.74, 6) is 0.506. The van der Waals surface area contributed by atoms with Crippen LogP contribution >= 0.6 is 0 Å². The predicted molar refractivity (Wildman–Crippen MR) is 81.2 cm³/mol. The van der Waals surface area contributed by atoms with Crippen LogP contribution in [0.5, 0.6) is 0 Å². The van der Waals surface area contributed by atoms with Gasteiger partial charge in [0.2, 0.25) is 0 Å². The summed E-state index contributed by atoms with van der Waals surface area (Å²) < 4.78 is 35.6. The summed E-state index contributed by atoms with van der Waals surface area (Å²) in [4.78, 5) is 0. The molecule has 0 aliphatic heterocycles. The first-order chi connectivity index (χ1) is 9.28. The van der Waals surface area contributed by atoms with E-state index in [9.17, 15) is 12.8 Å². The Morgan fingerprint density at radius 2 is 1.75 bits per heavy atom. The zero-order chi connectivity index (χ0) is 15.2. The normalized spacial score (nSPS) is 13.7. The summed E-state index contributed by atoms with van der Waals surface area (Å²) in [6.45, 7) is 5.84. The molecule has 0 saturated heterocycles. The molecule has 20 heavy (non-hydrogen) atoms. The number of halogens is 1. The van der Waals surface area contributed by atoms with Crippen molar-refractivity contribution in [2.75, 3.05) is 25.1 Å². The molecular weight excluding hydrogens is 277 g/mol. The number of benzene rings is 1. The van der Waals surface area contributed by atoms with Gasteiger partial charge in [-0.2, -0.15) is 0 Å². The molecule has 1 unspecified atom stereocenters. The fourth-order valence-electron chi connectivity index (χ4n) is 2.02. The SMILES string of the molecule is CC(C)CNCC(CCS(C)(=O)=O)c1ccc(F)cc1. The van der Waals surface area contributed by atoms with E-state index in [1.54, 1.807) is 12.1 Å². The summed E-state index contributed by atoms with van der Waals surface area (Å²) in [7, 11) is -2.98. The van der Waals surface area contributed by atoms with Crippen molar-refractivity contribution in [3.05, 3.63) is 35.6 Å². The Bertz CT molecular complexity index is 497. The second-order valence-electron chi connectivity index (χ2n) is 5.72. The van der Waals surface area contributed by atoms with E-state index in [1.807, 2.05) is 0 Å². The Morgan fingerprint density at radius 1 is 1.15 bits per heavy atom. The molecule has 0 spiro atoms. The van der Waals surface area contributed by atoms with Gasteiger partial charge in [0.15, 0.2) is 0 Å². The summed E-state index contributed by atoms with van der Waals surface area (Å²) in [6.07, 6.45) is 1.80. The van der Waals surface area contributed by atoms with Gasteiger partial charge in [-0.05, 0) is 42.5 Å². The quantitative estimate of drug-likeness (QED) is 0.803. The van der Waals surface area contributed by atoms with Crippen LogP contribution in [0, 0.1) is 11.7 Å². The standard InChI is InChI=1S/C15H24FNO2S/c1-12(2)10-17-11-14(8-9-20(3,18)19)13-4-6-15(16)7-5-13/h4-7,12,14,17H,8-11H2,1-3H3. The second-order valence-corrected chi connectivity index (χ2v) is 7.98. The maximum Gasteiger partial charge on any atom is 0.147 e. The number of hydrogen-bond acceptors (Lipinski definition) is 3. The first-order valence-corrected chi connectivity index (χ1v) is 8.98. The van der Waals surface area contributed by atoms with E-state index in [4.69, 9.17) is 0 Å². The van der Waals surface area contributed by atoms with E-state index in [1.165, 1.54) is 18.4 Å². The minimum absolute atomic E-state index is 0.0871. The van der Waals surface area contributed by atoms with Crippen LogP contribution in [0.2, 0.25) is 0 Å². The lowest BCUT2D eigenvalue weighted by Crippen LogP contribution is -2.26. The molecule has 0 bridgehead atoms. The van der Waals surface area contributed by atoms with E-state index in [2.05, 4.69) is 19.2 Å². The van der Waals surface area contributed by atoms with E-state index in [-0.39, 0.29) is 17.5 Å². The van der Waals surface area contributed by atoms with Crippen LogP contribution in [0.25, 0.3) is 0 Å². The van der Waals surface area contributed by atoms with Gasteiger partial charge in [-0.15, -0.1) is 0 Å². The molecule has 0 aliphatic rings. The zero-order valence-electron chi connectivity index (χ0n) is 12.4. The molecular formula is C15H24FNO2S. The molecule has 0 radical (unpaired) electrons. The fraction of sp³-hybridized carbons (Fsp3) is 0.600. The average molecular weight is 301 g/mol. The van der Waals surface area contributed by atoms with Crippen LogP contribution in [-0.2, 0) is 9.84 Å². The lowest BCUT2D eigenvalue weighted by atomic mass is 9.96. The molecule has 0 aromatic heterocycles. The first kappa shape index (κ1) is 17.1. The van der Waals surface area contributed by atoms with Crippen molar-refractivity contribution in [3.8, 4) is 0 Å². The Labute approximate surface area is 121 Å². The second kappa shape index (κ2) is 7.74. The third-order valence-electron chi connectivity index (χ3n) is 3.12. The molecule has 1 rings (SSSR count). The van der Waals surface area contributed by atoms with Gasteiger partial charge in [-0.25, -0.2) is 12.8 Å². The number of nitrogens with one attached hydrogen (secondary N) is 1. The molecule has 1 N–H and O–H groups in total. The van der Waals surface area contributed by atoms with Crippen LogP contribution in [0.3, 0.4) is 0 Å². The van der Waals surface area contributed by atoms with Crippen LogP contribution in [0.1, 0.15) is 31.7 Å². The van der Waals surface area contributed by atoms with E-state index in [0.717, 1.165) is 12.1 Å². The van der Waals surface area contributed by atoms with E-state index < -0.39 is 9.84 Å². The molecule has 5 heteroatoms. The molecule has 1 atom stereocenters. The number of hydrogen-bond donors (Lipinski definition) is 1. The largest absolute Gasteiger partial charge is 0.316 e. The van der Waals surface area contributed by atoms with Crippen molar-refractivity contribution in [2.45, 2.75) is 26.2 Å². The van der Waals surface area contributed by atoms with Gasteiger partial charge in [0.05, 0.1) is 5.75 Å². The van der Waals surface area contributed by atoms with Gasteiger partial charge >= 0.3 is 0 Å². The molecule has 3 nitrogen and oxygen atoms in total. The highest BCUT2D eigenvalue weighted by Crippen LogP contribution is 2.20. The third-order valence-corrected chi connectivity index (χ3v) is 4.10. The third kappa shape index (κ3) is 7.01. The monoisotopic (exact) mass is 301 g/mol. The summed E-state index contributed by atoms with van der Waals surface area (Å²) in [6, 6.07) is 6.31. The van der Waals surface area contributed by atoms with E-state index in [0.29, 0.717) is 18.9 Å². The van der Waals surface area contributed by atoms with Crippen molar-refractivity contribution >= 4 is 9.84 Å². The van der Waals surface area contributed by atoms with E-state index >= 15 is 0 Å². The van der Waals surface area contributed by atoms with Crippen LogP contribution in [-0.4, -0.2) is 33.5 Å². The molecule has 0 fully saturated rings. The maximum atomic E-state index is 13.0. The number of sulfone groups is 1. The first-order valence-electron chi connectivity index (χ1n) is 6.92. The highest BCUT2D eigenvalue weighted by Gasteiger charge is 2.14. The summed E-state index contributed by atoms with van der Waals surface area (Å²) >= 11 is 0. The molecule has 114 valence electrons. The van der Waals surface area contributed by atoms with Crippen molar-refractivity contribution in [2.24, 2.45) is 5.92 Å². The molecule has 0 amide bonds. The average Bonchev–Trinajstić information content (AvgIpc) is 2.33. The van der Waals surface area contributed by atoms with Gasteiger partial charge in [0.1, 0.15) is 15.7 Å². The van der Waals surface area contributed by atoms with Crippen LogP contribution < -0.4 is 5.32 Å². The minimum Gasteiger partial charge on any atom is -0.316 e. The highest BCUT2D eigenvalue weighted by molar-refractivity contribution is 7.90. The van der Waals surface area contributed by atoms with Gasteiger partial charge < -0.3 is 5.32 Å². The van der Waals surface area contributed by atoms with Crippen molar-refractivity contribution in [3.63, 3.8) is 0 Å². The molecule has 1 aromatic rings. The Balaban J connectivity index is 2.70. The smallest absolute Gasteiger partial charge is 0.147 e. The summed E-state index contributed by atoms with van der Waals surface area (Å²) in [5, 5.41) is 3.35. The summed E-state index contributed by atoms with van der Waals surface area (Å²) in [5.41, 5.74) is 0.978. The zero-order valence-corrected chi connectivity index (χ0v) is 13.2. The van der Waals surface area contributed by atoms with Gasteiger partial charge in [0, 0.05) is 12.8 Å². The minimum atomic E-state index is -2.98. The molecule has 1 aromatic carbocycles. The lowest BCUT2D eigenvalue weighted by molar-refractivity contribution is 0.507. The Morgan fingerprint density at radius 3 is 2.25 bits per heavy atom. The predicted octanol–water partition coefficient (Wildman–Crippen LogP) is 2.59. The van der Waals surface area contributed by atoms with Crippen molar-refractivity contribution in [1.82, 2.24) is 5.32 Å². The maximum absolute atomic E-state index is 13.0. The lowest BCUT2D eigenvalue weighted by Gasteiger charge is -2.18. The van der Waals surface area contributed by atoms with Crippen molar-refractivity contribution in [1.29, 1.82) is 0 Å². The molecule has 0 heterocycles. The van der Waals surface area contributed by atoms with Crippen molar-refractivity contribution < 1.29 is 12.8 Å². The van der Waals surface area contributed by atoms with Gasteiger partial charge in [-0.1, -0.05) is 26.0 Å².